The molecule has 3 heterocycles. The van der Waals surface area contributed by atoms with Gasteiger partial charge in [-0.3, -0.25) is 9.09 Å². The zero-order chi connectivity index (χ0) is 23.0. The van der Waals surface area contributed by atoms with E-state index in [1.165, 1.54) is 17.2 Å². The second-order valence-electron chi connectivity index (χ2n) is 6.13. The quantitative estimate of drug-likeness (QED) is 0.243. The topological polar surface area (TPSA) is 245 Å². The minimum Gasteiger partial charge on any atom is -0.388 e. The molecule has 0 radical (unpaired) electrons. The average molecular weight is 505 g/mol. The van der Waals surface area contributed by atoms with Gasteiger partial charge in [0.05, 0.1) is 19.0 Å². The number of phosphoric acid groups is 3. The largest absolute Gasteiger partial charge is 0.490 e. The third-order valence-corrected chi connectivity index (χ3v) is 7.68. The Labute approximate surface area is 173 Å². The number of hydrogen-bond donors (Lipinski definition) is 6. The molecule has 31 heavy (non-hydrogen) atoms. The van der Waals surface area contributed by atoms with Crippen molar-refractivity contribution >= 4 is 40.4 Å². The molecule has 1 aliphatic rings. The van der Waals surface area contributed by atoms with Crippen LogP contribution in [-0.4, -0.2) is 70.1 Å². The molecular formula is C11H18N5O12P3. The summed E-state index contributed by atoms with van der Waals surface area (Å²) in [6.07, 6.45) is -0.476. The summed E-state index contributed by atoms with van der Waals surface area (Å²) in [5.74, 6) is 0.445. The predicted molar refractivity (Wildman–Crippen MR) is 99.2 cm³/mol. The predicted octanol–water partition coefficient (Wildman–Crippen LogP) is -0.140. The molecule has 1 fully saturated rings. The highest BCUT2D eigenvalue weighted by Crippen LogP contribution is 2.66. The first kappa shape index (κ1) is 24.3. The van der Waals surface area contributed by atoms with Gasteiger partial charge < -0.3 is 34.7 Å². The normalized spacial score (nSPS) is 25.9. The summed E-state index contributed by atoms with van der Waals surface area (Å²) in [6, 6.07) is 0. The summed E-state index contributed by atoms with van der Waals surface area (Å²) >= 11 is 0. The number of fused-ring (bicyclic) bond motifs is 1. The summed E-state index contributed by atoms with van der Waals surface area (Å²) in [5, 5.41) is 13.2. The number of aliphatic hydroxyl groups excluding tert-OH is 1. The van der Waals surface area contributed by atoms with Crippen LogP contribution >= 0.6 is 23.5 Å². The molecule has 17 nitrogen and oxygen atoms in total. The highest BCUT2D eigenvalue weighted by Gasteiger charge is 2.42. The molecule has 174 valence electrons. The molecule has 5 atom stereocenters. The smallest absolute Gasteiger partial charge is 0.388 e. The van der Waals surface area contributed by atoms with E-state index >= 15 is 0 Å². The van der Waals surface area contributed by atoms with Crippen molar-refractivity contribution in [3.8, 4) is 0 Å². The number of nitrogens with zero attached hydrogens (tertiary/aromatic N) is 4. The number of ether oxygens (including phenoxy) is 1. The lowest BCUT2D eigenvalue weighted by molar-refractivity contribution is -0.0481. The molecule has 0 spiro atoms. The maximum atomic E-state index is 11.8. The molecule has 2 aromatic rings. The molecule has 0 amide bonds. The Hall–Kier alpha value is -1.32. The van der Waals surface area contributed by atoms with E-state index in [0.717, 1.165) is 0 Å². The van der Waals surface area contributed by atoms with Gasteiger partial charge in [0.2, 0.25) is 0 Å². The van der Waals surface area contributed by atoms with Crippen molar-refractivity contribution in [2.24, 2.45) is 0 Å². The number of anilines is 1. The molecule has 1 aliphatic heterocycles. The number of aliphatic hydroxyl groups is 1. The first-order chi connectivity index (χ1) is 14.3. The highest BCUT2D eigenvalue weighted by atomic mass is 31.3. The maximum Gasteiger partial charge on any atom is 0.490 e. The van der Waals surface area contributed by atoms with Crippen LogP contribution in [0.4, 0.5) is 5.82 Å². The van der Waals surface area contributed by atoms with Gasteiger partial charge in [-0.2, -0.15) is 8.62 Å². The summed E-state index contributed by atoms with van der Waals surface area (Å²) in [7, 11) is -14.8. The minimum atomic E-state index is -5.62. The van der Waals surface area contributed by atoms with Gasteiger partial charge >= 0.3 is 23.5 Å². The lowest BCUT2D eigenvalue weighted by atomic mass is 10.2. The first-order valence-electron chi connectivity index (χ1n) is 8.27. The van der Waals surface area contributed by atoms with Crippen LogP contribution < -0.4 is 5.32 Å². The van der Waals surface area contributed by atoms with Crippen molar-refractivity contribution in [2.45, 2.75) is 24.9 Å². The first-order valence-corrected chi connectivity index (χ1v) is 12.8. The second kappa shape index (κ2) is 8.90. The van der Waals surface area contributed by atoms with Crippen LogP contribution in [0.25, 0.3) is 11.2 Å². The van der Waals surface area contributed by atoms with Crippen LogP contribution in [0.2, 0.25) is 0 Å². The Morgan fingerprint density at radius 2 is 1.87 bits per heavy atom. The van der Waals surface area contributed by atoms with Gasteiger partial charge in [0.15, 0.2) is 17.7 Å². The molecule has 3 rings (SSSR count). The van der Waals surface area contributed by atoms with Gasteiger partial charge in [-0.25, -0.2) is 28.6 Å². The van der Waals surface area contributed by atoms with E-state index in [2.05, 4.69) is 33.4 Å². The van der Waals surface area contributed by atoms with E-state index in [-0.39, 0.29) is 6.42 Å². The Morgan fingerprint density at radius 3 is 2.52 bits per heavy atom. The number of imidazole rings is 1. The third-order valence-electron chi connectivity index (χ3n) is 3.87. The lowest BCUT2D eigenvalue weighted by Gasteiger charge is -2.18. The highest BCUT2D eigenvalue weighted by molar-refractivity contribution is 7.66. The van der Waals surface area contributed by atoms with Crippen molar-refractivity contribution in [2.75, 3.05) is 19.0 Å². The van der Waals surface area contributed by atoms with E-state index in [1.807, 2.05) is 0 Å². The van der Waals surface area contributed by atoms with Crippen LogP contribution in [0.1, 0.15) is 12.6 Å². The molecule has 0 aliphatic carbocycles. The third kappa shape index (κ3) is 6.14. The van der Waals surface area contributed by atoms with Crippen LogP contribution in [0.15, 0.2) is 12.7 Å². The zero-order valence-corrected chi connectivity index (χ0v) is 18.2. The SMILES string of the molecule is CNc1ncnc2c1ncn2[C@@H]1O[C@H](COP(=O)(O)OP(=O)(O)OP(=O)(O)O)C[C@H]1O. The molecule has 1 saturated heterocycles. The summed E-state index contributed by atoms with van der Waals surface area (Å²) in [5.41, 5.74) is 0.759. The van der Waals surface area contributed by atoms with Gasteiger partial charge in [0.25, 0.3) is 0 Å². The van der Waals surface area contributed by atoms with E-state index < -0.39 is 48.5 Å². The summed E-state index contributed by atoms with van der Waals surface area (Å²) in [6.45, 7) is -0.680. The summed E-state index contributed by atoms with van der Waals surface area (Å²) in [4.78, 5) is 47.9. The van der Waals surface area contributed by atoms with Gasteiger partial charge in [0.1, 0.15) is 17.9 Å². The van der Waals surface area contributed by atoms with E-state index in [0.29, 0.717) is 17.0 Å². The Balaban J connectivity index is 1.65. The maximum absolute atomic E-state index is 11.8. The standard InChI is InChI=1S/C11H18N5O12P3/c1-12-9-8-10(14-4-13-9)16(5-15-8)11-7(17)2-6(26-11)3-25-30(21,22)28-31(23,24)27-29(18,19)20/h4-7,11,17H,2-3H2,1H3,(H,21,22)(H,23,24)(H,12,13,14)(H2,18,19,20)/t6-,7+,11+/m0/s1. The van der Waals surface area contributed by atoms with Gasteiger partial charge in [-0.05, 0) is 0 Å². The fraction of sp³-hybridized carbons (Fsp3) is 0.545. The number of nitrogens with one attached hydrogen (secondary N) is 1. The van der Waals surface area contributed by atoms with Crippen LogP contribution in [0.5, 0.6) is 0 Å². The van der Waals surface area contributed by atoms with Gasteiger partial charge in [-0.15, -0.1) is 0 Å². The van der Waals surface area contributed by atoms with E-state index in [1.54, 1.807) is 7.05 Å². The molecule has 0 saturated carbocycles. The molecule has 0 bridgehead atoms. The van der Waals surface area contributed by atoms with Crippen LogP contribution in [0, 0.1) is 0 Å². The number of hydrogen-bond acceptors (Lipinski definition) is 12. The zero-order valence-electron chi connectivity index (χ0n) is 15.5. The Bertz CT molecular complexity index is 1090. The lowest BCUT2D eigenvalue weighted by Crippen LogP contribution is -2.19. The van der Waals surface area contributed by atoms with Crippen molar-refractivity contribution in [1.29, 1.82) is 0 Å². The molecule has 20 heteroatoms. The molecular weight excluding hydrogens is 487 g/mol. The van der Waals surface area contributed by atoms with E-state index in [9.17, 15) is 23.7 Å². The molecule has 2 unspecified atom stereocenters. The fourth-order valence-electron chi connectivity index (χ4n) is 2.79. The number of phosphoric ester groups is 1. The Morgan fingerprint density at radius 1 is 1.16 bits per heavy atom. The van der Waals surface area contributed by atoms with Crippen LogP contribution in [0.3, 0.4) is 0 Å². The molecule has 0 aromatic carbocycles. The van der Waals surface area contributed by atoms with Crippen molar-refractivity contribution in [3.05, 3.63) is 12.7 Å². The fourth-order valence-corrected chi connectivity index (χ4v) is 5.84. The summed E-state index contributed by atoms with van der Waals surface area (Å²) < 4.78 is 52.6. The van der Waals surface area contributed by atoms with Gasteiger partial charge in [-0.1, -0.05) is 0 Å². The second-order valence-corrected chi connectivity index (χ2v) is 10.6. The Kier molecular flexibility index (Phi) is 6.99. The van der Waals surface area contributed by atoms with Crippen molar-refractivity contribution < 1.29 is 56.3 Å². The van der Waals surface area contributed by atoms with Crippen molar-refractivity contribution in [1.82, 2.24) is 19.5 Å². The number of rotatable bonds is 9. The van der Waals surface area contributed by atoms with E-state index in [4.69, 9.17) is 19.4 Å². The van der Waals surface area contributed by atoms with Gasteiger partial charge in [0, 0.05) is 13.5 Å². The average Bonchev–Trinajstić information content (AvgIpc) is 3.19. The monoisotopic (exact) mass is 505 g/mol. The molecule has 6 N–H and O–H groups in total. The molecule has 2 aromatic heterocycles. The van der Waals surface area contributed by atoms with Crippen molar-refractivity contribution in [3.63, 3.8) is 0 Å². The van der Waals surface area contributed by atoms with Crippen LogP contribution in [-0.2, 0) is 31.6 Å². The number of aromatic nitrogens is 4. The minimum absolute atomic E-state index is 0.0654.